The van der Waals surface area contributed by atoms with E-state index in [4.69, 9.17) is 21.7 Å². The molecule has 1 aromatic carbocycles. The van der Waals surface area contributed by atoms with Crippen molar-refractivity contribution in [2.75, 3.05) is 58.4 Å². The van der Waals surface area contributed by atoms with E-state index in [1.807, 2.05) is 24.3 Å². The van der Waals surface area contributed by atoms with Gasteiger partial charge in [0.15, 0.2) is 11.5 Å². The van der Waals surface area contributed by atoms with Gasteiger partial charge in [-0.3, -0.25) is 19.1 Å². The molecule has 0 radical (unpaired) electrons. The molecule has 2 fully saturated rings. The molecule has 2 aromatic rings. The van der Waals surface area contributed by atoms with Crippen LogP contribution in [0, 0.1) is 18.3 Å². The van der Waals surface area contributed by atoms with Crippen LogP contribution in [0.25, 0.3) is 6.08 Å². The van der Waals surface area contributed by atoms with Crippen molar-refractivity contribution in [1.82, 2.24) is 14.4 Å². The average molecular weight is 610 g/mol. The van der Waals surface area contributed by atoms with E-state index in [0.29, 0.717) is 45.8 Å². The lowest BCUT2D eigenvalue weighted by atomic mass is 10.0. The second-order valence-electron chi connectivity index (χ2n) is 10.4. The van der Waals surface area contributed by atoms with Gasteiger partial charge in [0.2, 0.25) is 0 Å². The number of ether oxygens (including phenoxy) is 2. The Hall–Kier alpha value is -3.33. The zero-order valence-electron chi connectivity index (χ0n) is 25.1. The molecule has 42 heavy (non-hydrogen) atoms. The standard InChI is InChI=1S/C31H39N5O4S2/c1-6-8-12-35-28(34-16-14-33(7-2)15-17-34)23(21(3)24(20-32)29(35)37)19-27-30(38)36(31(41)42-27)13-11-22-9-10-25(39-4)26(18-22)40-5/h9-10,18-19H,6-8,11-17H2,1-5H3. The van der Waals surface area contributed by atoms with Crippen LogP contribution >= 0.6 is 24.0 Å². The summed E-state index contributed by atoms with van der Waals surface area (Å²) >= 11 is 6.91. The van der Waals surface area contributed by atoms with E-state index in [2.05, 4.69) is 29.7 Å². The fourth-order valence-electron chi connectivity index (χ4n) is 5.39. The number of thiocarbonyl (C=S) groups is 1. The summed E-state index contributed by atoms with van der Waals surface area (Å²) in [5.41, 5.74) is 2.19. The number of aromatic nitrogens is 1. The van der Waals surface area contributed by atoms with E-state index in [9.17, 15) is 14.9 Å². The Labute approximate surface area is 257 Å². The lowest BCUT2D eigenvalue weighted by Gasteiger charge is -2.37. The van der Waals surface area contributed by atoms with Gasteiger partial charge in [0.25, 0.3) is 11.5 Å². The molecule has 2 saturated heterocycles. The van der Waals surface area contributed by atoms with E-state index in [0.717, 1.165) is 62.5 Å². The molecule has 4 rings (SSSR count). The van der Waals surface area contributed by atoms with Gasteiger partial charge in [-0.05, 0) is 55.6 Å². The van der Waals surface area contributed by atoms with Crippen molar-refractivity contribution >= 4 is 46.1 Å². The molecule has 0 atom stereocenters. The highest BCUT2D eigenvalue weighted by atomic mass is 32.2. The number of amides is 1. The third-order valence-corrected chi connectivity index (χ3v) is 9.30. The maximum Gasteiger partial charge on any atom is 0.270 e. The number of rotatable bonds is 11. The van der Waals surface area contributed by atoms with Crippen molar-refractivity contribution < 1.29 is 14.3 Å². The average Bonchev–Trinajstić information content (AvgIpc) is 3.27. The zero-order valence-corrected chi connectivity index (χ0v) is 26.7. The minimum atomic E-state index is -0.268. The molecule has 0 saturated carbocycles. The second kappa shape index (κ2) is 14.2. The summed E-state index contributed by atoms with van der Waals surface area (Å²) in [7, 11) is 3.19. The number of nitriles is 1. The number of pyridine rings is 1. The SMILES string of the molecule is CCCCn1c(N2CCN(CC)CC2)c(C=C2SC(=S)N(CCc3ccc(OC)c(OC)c3)C2=O)c(C)c(C#N)c1=O. The molecule has 9 nitrogen and oxygen atoms in total. The van der Waals surface area contributed by atoms with Gasteiger partial charge in [-0.15, -0.1) is 0 Å². The summed E-state index contributed by atoms with van der Waals surface area (Å²) in [6.07, 6.45) is 4.16. The first kappa shape index (κ1) is 31.6. The molecule has 11 heteroatoms. The van der Waals surface area contributed by atoms with E-state index >= 15 is 0 Å². The molecule has 0 N–H and O–H groups in total. The van der Waals surface area contributed by atoms with Gasteiger partial charge in [-0.2, -0.15) is 5.26 Å². The number of unbranched alkanes of at least 4 members (excludes halogenated alkanes) is 1. The molecule has 2 aliphatic heterocycles. The number of hydrogen-bond acceptors (Lipinski definition) is 9. The summed E-state index contributed by atoms with van der Waals surface area (Å²) in [6.45, 7) is 11.2. The highest BCUT2D eigenvalue weighted by Crippen LogP contribution is 2.36. The Morgan fingerprint density at radius 2 is 1.79 bits per heavy atom. The van der Waals surface area contributed by atoms with Crippen LogP contribution < -0.4 is 19.9 Å². The largest absolute Gasteiger partial charge is 0.493 e. The fraction of sp³-hybridized carbons (Fsp3) is 0.484. The normalized spacial score (nSPS) is 16.8. The molecule has 0 bridgehead atoms. The summed E-state index contributed by atoms with van der Waals surface area (Å²) in [4.78, 5) is 33.9. The van der Waals surface area contributed by atoms with Crippen LogP contribution in [0.2, 0.25) is 0 Å². The number of benzene rings is 1. The molecular formula is C31H39N5O4S2. The smallest absolute Gasteiger partial charge is 0.270 e. The highest BCUT2D eigenvalue weighted by molar-refractivity contribution is 8.26. The monoisotopic (exact) mass is 609 g/mol. The van der Waals surface area contributed by atoms with E-state index in [-0.39, 0.29) is 17.0 Å². The van der Waals surface area contributed by atoms with Crippen LogP contribution in [0.5, 0.6) is 11.5 Å². The first-order valence-corrected chi connectivity index (χ1v) is 15.6. The number of carbonyl (C=O) groups is 1. The Kier molecular flexibility index (Phi) is 10.7. The predicted octanol–water partition coefficient (Wildman–Crippen LogP) is 4.43. The van der Waals surface area contributed by atoms with Crippen LogP contribution in [0.4, 0.5) is 5.82 Å². The zero-order chi connectivity index (χ0) is 30.4. The first-order chi connectivity index (χ1) is 20.3. The Balaban J connectivity index is 1.70. The quantitative estimate of drug-likeness (QED) is 0.271. The van der Waals surface area contributed by atoms with Crippen molar-refractivity contribution in [2.24, 2.45) is 0 Å². The topological polar surface area (TPSA) is 91.0 Å². The number of hydrogen-bond donors (Lipinski definition) is 0. The van der Waals surface area contributed by atoms with E-state index in [1.165, 1.54) is 11.8 Å². The van der Waals surface area contributed by atoms with Crippen molar-refractivity contribution in [3.8, 4) is 17.6 Å². The maximum atomic E-state index is 13.7. The third-order valence-electron chi connectivity index (χ3n) is 7.92. The minimum Gasteiger partial charge on any atom is -0.493 e. The molecule has 1 aromatic heterocycles. The second-order valence-corrected chi connectivity index (χ2v) is 12.0. The summed E-state index contributed by atoms with van der Waals surface area (Å²) in [6, 6.07) is 7.85. The Morgan fingerprint density at radius 1 is 1.07 bits per heavy atom. The summed E-state index contributed by atoms with van der Waals surface area (Å²) in [5, 5.41) is 9.96. The number of piperazine rings is 1. The molecule has 1 amide bonds. The lowest BCUT2D eigenvalue weighted by molar-refractivity contribution is -0.122. The minimum absolute atomic E-state index is 0.122. The molecule has 0 spiro atoms. The molecule has 0 unspecified atom stereocenters. The summed E-state index contributed by atoms with van der Waals surface area (Å²) < 4.78 is 13.0. The number of nitrogens with zero attached hydrogens (tertiary/aromatic N) is 5. The van der Waals surface area contributed by atoms with Crippen molar-refractivity contribution in [2.45, 2.75) is 46.6 Å². The molecular weight excluding hydrogens is 571 g/mol. The number of methoxy groups -OCH3 is 2. The maximum absolute atomic E-state index is 13.7. The predicted molar refractivity (Wildman–Crippen MR) is 173 cm³/mol. The number of thioether (sulfide) groups is 1. The highest BCUT2D eigenvalue weighted by Gasteiger charge is 2.33. The van der Waals surface area contributed by atoms with Gasteiger partial charge in [0, 0.05) is 44.8 Å². The number of anilines is 1. The van der Waals surface area contributed by atoms with Gasteiger partial charge < -0.3 is 19.3 Å². The van der Waals surface area contributed by atoms with Crippen LogP contribution in [0.1, 0.15) is 48.9 Å². The van der Waals surface area contributed by atoms with Crippen LogP contribution in [-0.4, -0.2) is 78.1 Å². The molecule has 2 aliphatic rings. The van der Waals surface area contributed by atoms with Crippen LogP contribution in [-0.2, 0) is 17.8 Å². The molecule has 3 heterocycles. The fourth-order valence-corrected chi connectivity index (χ4v) is 6.68. The van der Waals surface area contributed by atoms with Gasteiger partial charge >= 0.3 is 0 Å². The first-order valence-electron chi connectivity index (χ1n) is 14.4. The van der Waals surface area contributed by atoms with Crippen molar-refractivity contribution in [1.29, 1.82) is 5.26 Å². The van der Waals surface area contributed by atoms with Crippen LogP contribution in [0.3, 0.4) is 0 Å². The van der Waals surface area contributed by atoms with E-state index < -0.39 is 0 Å². The lowest BCUT2D eigenvalue weighted by Crippen LogP contribution is -2.48. The van der Waals surface area contributed by atoms with Crippen molar-refractivity contribution in [3.63, 3.8) is 0 Å². The molecule has 224 valence electrons. The Bertz CT molecular complexity index is 1470. The van der Waals surface area contributed by atoms with Gasteiger partial charge in [0.1, 0.15) is 21.8 Å². The van der Waals surface area contributed by atoms with Crippen molar-refractivity contribution in [3.05, 3.63) is 55.7 Å². The van der Waals surface area contributed by atoms with E-state index in [1.54, 1.807) is 30.6 Å². The van der Waals surface area contributed by atoms with Crippen LogP contribution in [0.15, 0.2) is 27.9 Å². The number of carbonyl (C=O) groups excluding carboxylic acids is 1. The number of likely N-dealkylation sites (N-methyl/N-ethyl adjacent to an activating group) is 1. The van der Waals surface area contributed by atoms with Gasteiger partial charge in [-0.1, -0.05) is 50.3 Å². The third kappa shape index (κ3) is 6.51. The summed E-state index contributed by atoms with van der Waals surface area (Å²) in [5.74, 6) is 1.90. The molecule has 0 aliphatic carbocycles. The van der Waals surface area contributed by atoms with Gasteiger partial charge in [-0.25, -0.2) is 0 Å². The van der Waals surface area contributed by atoms with Gasteiger partial charge in [0.05, 0.1) is 19.1 Å². The Morgan fingerprint density at radius 3 is 2.40 bits per heavy atom.